The molecule has 0 saturated carbocycles. The zero-order valence-corrected chi connectivity index (χ0v) is 13.8. The van der Waals surface area contributed by atoms with E-state index >= 15 is 0 Å². The Kier molecular flexibility index (Phi) is 4.08. The summed E-state index contributed by atoms with van der Waals surface area (Å²) in [7, 11) is 0. The highest BCUT2D eigenvalue weighted by Gasteiger charge is 2.37. The molecule has 142 valence electrons. The molecule has 1 fully saturated rings. The molecule has 3 heterocycles. The summed E-state index contributed by atoms with van der Waals surface area (Å²) in [6.07, 6.45) is -4.66. The Labute approximate surface area is 149 Å². The van der Waals surface area contributed by atoms with Crippen LogP contribution < -0.4 is 9.80 Å². The lowest BCUT2D eigenvalue weighted by Gasteiger charge is -2.36. The molecule has 27 heavy (non-hydrogen) atoms. The summed E-state index contributed by atoms with van der Waals surface area (Å²) < 4.78 is 66.6. The Morgan fingerprint density at radius 2 is 1.56 bits per heavy atom. The summed E-state index contributed by atoms with van der Waals surface area (Å²) in [6.45, 7) is 1.66. The van der Waals surface area contributed by atoms with Crippen LogP contribution in [0.25, 0.3) is 5.65 Å². The van der Waals surface area contributed by atoms with E-state index in [0.717, 1.165) is 6.07 Å². The second-order valence-corrected chi connectivity index (χ2v) is 6.05. The van der Waals surface area contributed by atoms with Crippen LogP contribution in [0.4, 0.5) is 33.5 Å². The smallest absolute Gasteiger partial charge is 0.366 e. The van der Waals surface area contributed by atoms with Crippen molar-refractivity contribution >= 4 is 17.2 Å². The predicted molar refractivity (Wildman–Crippen MR) is 86.6 cm³/mol. The van der Waals surface area contributed by atoms with E-state index in [1.807, 2.05) is 0 Å². The van der Waals surface area contributed by atoms with Crippen molar-refractivity contribution in [1.29, 1.82) is 0 Å². The fourth-order valence-electron chi connectivity index (χ4n) is 3.04. The average Bonchev–Trinajstić information content (AvgIpc) is 3.05. The minimum Gasteiger partial charge on any atom is -0.366 e. The SMILES string of the molecule is Fc1ccc(N2CCN(c3ccc4nnc(C(F)(F)F)n4n3)CC2)c(F)c1. The molecular weight excluding hydrogens is 371 g/mol. The highest BCUT2D eigenvalue weighted by Crippen LogP contribution is 2.28. The number of fused-ring (bicyclic) bond motifs is 1. The van der Waals surface area contributed by atoms with Crippen molar-refractivity contribution in [2.75, 3.05) is 36.0 Å². The number of halogens is 5. The highest BCUT2D eigenvalue weighted by atomic mass is 19.4. The number of alkyl halides is 3. The van der Waals surface area contributed by atoms with Gasteiger partial charge < -0.3 is 9.80 Å². The van der Waals surface area contributed by atoms with E-state index in [-0.39, 0.29) is 11.3 Å². The van der Waals surface area contributed by atoms with Gasteiger partial charge >= 0.3 is 6.18 Å². The van der Waals surface area contributed by atoms with Gasteiger partial charge in [-0.3, -0.25) is 0 Å². The summed E-state index contributed by atoms with van der Waals surface area (Å²) in [5.41, 5.74) is 0.288. The van der Waals surface area contributed by atoms with Crippen LogP contribution in [0.5, 0.6) is 0 Å². The Hall–Kier alpha value is -2.98. The van der Waals surface area contributed by atoms with E-state index in [0.29, 0.717) is 36.5 Å². The van der Waals surface area contributed by atoms with E-state index < -0.39 is 23.6 Å². The molecule has 1 aromatic carbocycles. The molecule has 0 unspecified atom stereocenters. The number of benzene rings is 1. The van der Waals surface area contributed by atoms with Crippen molar-refractivity contribution in [3.8, 4) is 0 Å². The van der Waals surface area contributed by atoms with Crippen molar-refractivity contribution < 1.29 is 22.0 Å². The van der Waals surface area contributed by atoms with Gasteiger partial charge in [-0.1, -0.05) is 0 Å². The fraction of sp³-hybridized carbons (Fsp3) is 0.312. The maximum Gasteiger partial charge on any atom is 0.453 e. The fourth-order valence-corrected chi connectivity index (χ4v) is 3.04. The zero-order chi connectivity index (χ0) is 19.2. The highest BCUT2D eigenvalue weighted by molar-refractivity contribution is 5.51. The van der Waals surface area contributed by atoms with Crippen molar-refractivity contribution in [1.82, 2.24) is 19.8 Å². The second kappa shape index (κ2) is 6.32. The van der Waals surface area contributed by atoms with Gasteiger partial charge in [0.05, 0.1) is 5.69 Å². The van der Waals surface area contributed by atoms with Crippen LogP contribution in [0.15, 0.2) is 30.3 Å². The quantitative estimate of drug-likeness (QED) is 0.636. The van der Waals surface area contributed by atoms with Gasteiger partial charge in [0.1, 0.15) is 17.5 Å². The standard InChI is InChI=1S/C16H13F5N6/c17-10-1-2-12(11(18)9-10)25-5-7-26(8-6-25)14-4-3-13-22-23-15(16(19,20)21)27(13)24-14/h1-4,9H,5-8H2. The summed E-state index contributed by atoms with van der Waals surface area (Å²) >= 11 is 0. The molecule has 0 amide bonds. The van der Waals surface area contributed by atoms with Crippen LogP contribution in [-0.4, -0.2) is 46.0 Å². The molecule has 11 heteroatoms. The number of piperazine rings is 1. The number of aromatic nitrogens is 4. The lowest BCUT2D eigenvalue weighted by molar-refractivity contribution is -0.146. The van der Waals surface area contributed by atoms with E-state index in [4.69, 9.17) is 0 Å². The van der Waals surface area contributed by atoms with Crippen LogP contribution in [0.1, 0.15) is 5.82 Å². The van der Waals surface area contributed by atoms with Crippen molar-refractivity contribution in [2.24, 2.45) is 0 Å². The molecule has 0 N–H and O–H groups in total. The minimum absolute atomic E-state index is 0.00176. The molecule has 0 bridgehead atoms. The third-order valence-corrected chi connectivity index (χ3v) is 4.36. The third-order valence-electron chi connectivity index (χ3n) is 4.36. The van der Waals surface area contributed by atoms with Gasteiger partial charge in [-0.2, -0.15) is 17.7 Å². The molecule has 1 aliphatic heterocycles. The monoisotopic (exact) mass is 384 g/mol. The number of anilines is 2. The summed E-state index contributed by atoms with van der Waals surface area (Å²) in [6, 6.07) is 6.36. The van der Waals surface area contributed by atoms with E-state index in [1.165, 1.54) is 18.2 Å². The molecule has 2 aromatic heterocycles. The summed E-state index contributed by atoms with van der Waals surface area (Å²) in [5.74, 6) is -2.15. The Morgan fingerprint density at radius 1 is 0.852 bits per heavy atom. The van der Waals surface area contributed by atoms with Gasteiger partial charge in [0.15, 0.2) is 5.65 Å². The van der Waals surface area contributed by atoms with Crippen LogP contribution in [0.2, 0.25) is 0 Å². The van der Waals surface area contributed by atoms with Crippen LogP contribution in [0.3, 0.4) is 0 Å². The summed E-state index contributed by atoms with van der Waals surface area (Å²) in [5, 5.41) is 10.6. The first-order valence-electron chi connectivity index (χ1n) is 8.07. The molecule has 0 atom stereocenters. The molecule has 0 radical (unpaired) electrons. The normalized spacial score (nSPS) is 15.6. The molecule has 0 spiro atoms. The molecule has 1 saturated heterocycles. The van der Waals surface area contributed by atoms with Crippen LogP contribution >= 0.6 is 0 Å². The molecule has 6 nitrogen and oxygen atoms in total. The number of hydrogen-bond donors (Lipinski definition) is 0. The zero-order valence-electron chi connectivity index (χ0n) is 13.8. The lowest BCUT2D eigenvalue weighted by Crippen LogP contribution is -2.47. The van der Waals surface area contributed by atoms with Crippen molar-refractivity contribution in [3.63, 3.8) is 0 Å². The number of hydrogen-bond acceptors (Lipinski definition) is 5. The maximum absolute atomic E-state index is 13.9. The minimum atomic E-state index is -4.66. The van der Waals surface area contributed by atoms with Gasteiger partial charge in [-0.05, 0) is 24.3 Å². The van der Waals surface area contributed by atoms with Gasteiger partial charge in [-0.15, -0.1) is 15.3 Å². The Bertz CT molecular complexity index is 977. The van der Waals surface area contributed by atoms with Gasteiger partial charge in [0, 0.05) is 32.2 Å². The van der Waals surface area contributed by atoms with Crippen LogP contribution in [-0.2, 0) is 6.18 Å². The van der Waals surface area contributed by atoms with Gasteiger partial charge in [-0.25, -0.2) is 8.78 Å². The van der Waals surface area contributed by atoms with E-state index in [2.05, 4.69) is 15.3 Å². The average molecular weight is 384 g/mol. The van der Waals surface area contributed by atoms with E-state index in [1.54, 1.807) is 15.9 Å². The van der Waals surface area contributed by atoms with Crippen LogP contribution in [0, 0.1) is 11.6 Å². The number of nitrogens with zero attached hydrogens (tertiary/aromatic N) is 6. The van der Waals surface area contributed by atoms with Gasteiger partial charge in [0.25, 0.3) is 5.82 Å². The van der Waals surface area contributed by atoms with Gasteiger partial charge in [0.2, 0.25) is 0 Å². The molecule has 4 rings (SSSR count). The van der Waals surface area contributed by atoms with Crippen molar-refractivity contribution in [2.45, 2.75) is 6.18 Å². The first-order valence-corrected chi connectivity index (χ1v) is 8.07. The lowest BCUT2D eigenvalue weighted by atomic mass is 10.2. The topological polar surface area (TPSA) is 49.6 Å². The number of rotatable bonds is 2. The molecular formula is C16H13F5N6. The Morgan fingerprint density at radius 3 is 2.22 bits per heavy atom. The molecule has 0 aliphatic carbocycles. The van der Waals surface area contributed by atoms with Crippen molar-refractivity contribution in [3.05, 3.63) is 47.8 Å². The predicted octanol–water partition coefficient (Wildman–Crippen LogP) is 2.75. The summed E-state index contributed by atoms with van der Waals surface area (Å²) in [4.78, 5) is 3.54. The maximum atomic E-state index is 13.9. The first kappa shape index (κ1) is 17.4. The second-order valence-electron chi connectivity index (χ2n) is 6.05. The first-order chi connectivity index (χ1) is 12.8. The largest absolute Gasteiger partial charge is 0.453 e. The molecule has 1 aliphatic rings. The molecule has 3 aromatic rings. The van der Waals surface area contributed by atoms with E-state index in [9.17, 15) is 22.0 Å². The third kappa shape index (κ3) is 3.24. The Balaban J connectivity index is 1.54.